The molecule has 31 heavy (non-hydrogen) atoms. The minimum atomic E-state index is 0.0552. The Kier molecular flexibility index (Phi) is 6.09. The van der Waals surface area contributed by atoms with E-state index in [9.17, 15) is 4.79 Å². The zero-order valence-corrected chi connectivity index (χ0v) is 18.8. The summed E-state index contributed by atoms with van der Waals surface area (Å²) >= 11 is 0. The van der Waals surface area contributed by atoms with Crippen molar-refractivity contribution in [3.8, 4) is 5.75 Å². The van der Waals surface area contributed by atoms with E-state index in [1.54, 1.807) is 7.11 Å². The van der Waals surface area contributed by atoms with E-state index in [-0.39, 0.29) is 5.56 Å². The zero-order valence-electron chi connectivity index (χ0n) is 18.8. The molecule has 3 aromatic rings. The van der Waals surface area contributed by atoms with Crippen LogP contribution in [0.4, 0.5) is 11.6 Å². The molecule has 1 aromatic heterocycles. The quantitative estimate of drug-likeness (QED) is 0.599. The number of rotatable bonds is 6. The maximum absolute atomic E-state index is 13.3. The molecule has 1 aliphatic heterocycles. The largest absolute Gasteiger partial charge is 0.497 e. The fourth-order valence-corrected chi connectivity index (χ4v) is 4.13. The maximum atomic E-state index is 13.3. The molecule has 0 spiro atoms. The van der Waals surface area contributed by atoms with Crippen molar-refractivity contribution < 1.29 is 4.74 Å². The van der Waals surface area contributed by atoms with Gasteiger partial charge in [-0.15, -0.1) is 0 Å². The molecular weight excluding hydrogens is 388 g/mol. The molecule has 2 heterocycles. The molecule has 4 rings (SSSR count). The molecular formula is C25H30N4O2. The topological polar surface area (TPSA) is 50.6 Å². The van der Waals surface area contributed by atoms with Crippen molar-refractivity contribution in [2.75, 3.05) is 18.7 Å². The van der Waals surface area contributed by atoms with Gasteiger partial charge in [0.25, 0.3) is 5.56 Å². The van der Waals surface area contributed by atoms with Crippen LogP contribution in [0.15, 0.2) is 53.3 Å². The SMILES string of the molecule is CCc1ccc(N2CN(Cc3ccc(OC)cc3)Cn3c2nc(C)c(CC)c3=O)cc1. The molecule has 6 heteroatoms. The Balaban J connectivity index is 1.73. The number of methoxy groups -OCH3 is 1. The minimum Gasteiger partial charge on any atom is -0.497 e. The Hall–Kier alpha value is -3.12. The number of nitrogens with zero attached hydrogens (tertiary/aromatic N) is 4. The first-order chi connectivity index (χ1) is 15.0. The van der Waals surface area contributed by atoms with Gasteiger partial charge in [0.1, 0.15) is 5.75 Å². The number of fused-ring (bicyclic) bond motifs is 1. The summed E-state index contributed by atoms with van der Waals surface area (Å²) in [5.74, 6) is 1.56. The molecule has 0 saturated carbocycles. The molecule has 1 aliphatic rings. The molecule has 0 atom stereocenters. The lowest BCUT2D eigenvalue weighted by molar-refractivity contribution is 0.189. The Morgan fingerprint density at radius 3 is 2.23 bits per heavy atom. The summed E-state index contributed by atoms with van der Waals surface area (Å²) < 4.78 is 7.09. The average Bonchev–Trinajstić information content (AvgIpc) is 2.80. The summed E-state index contributed by atoms with van der Waals surface area (Å²) in [5, 5.41) is 0. The summed E-state index contributed by atoms with van der Waals surface area (Å²) in [5.41, 5.74) is 5.17. The van der Waals surface area contributed by atoms with E-state index in [4.69, 9.17) is 9.72 Å². The predicted molar refractivity (Wildman–Crippen MR) is 124 cm³/mol. The molecule has 0 radical (unpaired) electrons. The highest BCUT2D eigenvalue weighted by Crippen LogP contribution is 2.29. The first-order valence-corrected chi connectivity index (χ1v) is 10.9. The molecule has 0 aliphatic carbocycles. The van der Waals surface area contributed by atoms with Crippen LogP contribution in [0.25, 0.3) is 0 Å². The summed E-state index contributed by atoms with van der Waals surface area (Å²) in [6.07, 6.45) is 1.68. The average molecular weight is 419 g/mol. The monoisotopic (exact) mass is 418 g/mol. The van der Waals surface area contributed by atoms with Gasteiger partial charge in [-0.05, 0) is 55.2 Å². The Bertz CT molecular complexity index is 1100. The third kappa shape index (κ3) is 4.21. The highest BCUT2D eigenvalue weighted by atomic mass is 16.5. The van der Waals surface area contributed by atoms with Crippen molar-refractivity contribution in [1.29, 1.82) is 0 Å². The van der Waals surface area contributed by atoms with E-state index in [0.29, 0.717) is 19.8 Å². The van der Waals surface area contributed by atoms with E-state index in [2.05, 4.69) is 53.1 Å². The maximum Gasteiger partial charge on any atom is 0.259 e. The normalized spacial score (nSPS) is 13.9. The molecule has 0 bridgehead atoms. The van der Waals surface area contributed by atoms with Crippen molar-refractivity contribution in [1.82, 2.24) is 14.5 Å². The number of aromatic nitrogens is 2. The second-order valence-electron chi connectivity index (χ2n) is 7.97. The number of ether oxygens (including phenoxy) is 1. The third-order valence-electron chi connectivity index (χ3n) is 5.95. The van der Waals surface area contributed by atoms with Gasteiger partial charge >= 0.3 is 0 Å². The lowest BCUT2D eigenvalue weighted by Gasteiger charge is -2.38. The van der Waals surface area contributed by atoms with Crippen LogP contribution in [0.2, 0.25) is 0 Å². The Morgan fingerprint density at radius 1 is 0.935 bits per heavy atom. The summed E-state index contributed by atoms with van der Waals surface area (Å²) in [4.78, 5) is 22.5. The molecule has 0 saturated heterocycles. The smallest absolute Gasteiger partial charge is 0.259 e. The first-order valence-electron chi connectivity index (χ1n) is 10.9. The van der Waals surface area contributed by atoms with Gasteiger partial charge in [0.2, 0.25) is 5.95 Å². The van der Waals surface area contributed by atoms with Gasteiger partial charge in [0.05, 0.1) is 20.4 Å². The van der Waals surface area contributed by atoms with Crippen LogP contribution in [0.1, 0.15) is 36.2 Å². The fourth-order valence-electron chi connectivity index (χ4n) is 4.13. The van der Waals surface area contributed by atoms with Crippen molar-refractivity contribution >= 4 is 11.6 Å². The highest BCUT2D eigenvalue weighted by Gasteiger charge is 2.27. The first kappa shape index (κ1) is 21.1. The van der Waals surface area contributed by atoms with Gasteiger partial charge in [0.15, 0.2) is 0 Å². The zero-order chi connectivity index (χ0) is 22.0. The molecule has 162 valence electrons. The van der Waals surface area contributed by atoms with Gasteiger partial charge < -0.3 is 4.74 Å². The number of aryl methyl sites for hydroxylation is 2. The highest BCUT2D eigenvalue weighted by molar-refractivity contribution is 5.59. The van der Waals surface area contributed by atoms with E-state index < -0.39 is 0 Å². The van der Waals surface area contributed by atoms with Gasteiger partial charge in [-0.3, -0.25) is 19.2 Å². The number of hydrogen-bond acceptors (Lipinski definition) is 5. The predicted octanol–water partition coefficient (Wildman–Crippen LogP) is 4.25. The fraction of sp³-hybridized carbons (Fsp3) is 0.360. The van der Waals surface area contributed by atoms with E-state index in [1.807, 2.05) is 30.5 Å². The Labute approximate surface area is 183 Å². The summed E-state index contributed by atoms with van der Waals surface area (Å²) in [6.45, 7) is 8.01. The van der Waals surface area contributed by atoms with Gasteiger partial charge in [-0.1, -0.05) is 38.1 Å². The van der Waals surface area contributed by atoms with Crippen LogP contribution in [0.5, 0.6) is 5.75 Å². The second kappa shape index (κ2) is 8.94. The molecule has 0 fully saturated rings. The van der Waals surface area contributed by atoms with Crippen molar-refractivity contribution in [2.45, 2.75) is 46.8 Å². The van der Waals surface area contributed by atoms with Crippen molar-refractivity contribution in [2.24, 2.45) is 0 Å². The molecule has 2 aromatic carbocycles. The van der Waals surface area contributed by atoms with Crippen molar-refractivity contribution in [3.63, 3.8) is 0 Å². The lowest BCUT2D eigenvalue weighted by atomic mass is 10.1. The van der Waals surface area contributed by atoms with Crippen LogP contribution in [-0.2, 0) is 26.1 Å². The second-order valence-corrected chi connectivity index (χ2v) is 7.97. The number of anilines is 2. The van der Waals surface area contributed by atoms with Crippen LogP contribution < -0.4 is 15.2 Å². The van der Waals surface area contributed by atoms with Crippen LogP contribution >= 0.6 is 0 Å². The van der Waals surface area contributed by atoms with Gasteiger partial charge in [-0.25, -0.2) is 4.98 Å². The Morgan fingerprint density at radius 2 is 1.61 bits per heavy atom. The molecule has 0 unspecified atom stereocenters. The van der Waals surface area contributed by atoms with E-state index in [0.717, 1.165) is 41.6 Å². The van der Waals surface area contributed by atoms with Gasteiger partial charge in [-0.2, -0.15) is 0 Å². The minimum absolute atomic E-state index is 0.0552. The van der Waals surface area contributed by atoms with Gasteiger partial charge in [0, 0.05) is 23.5 Å². The third-order valence-corrected chi connectivity index (χ3v) is 5.95. The standard InChI is InChI=1S/C25H30N4O2/c1-5-19-7-11-21(12-8-19)28-16-27(15-20-9-13-22(31-4)14-10-20)17-29-24(30)23(6-2)18(3)26-25(28)29/h7-14H,5-6,15-17H2,1-4H3. The number of benzene rings is 2. The van der Waals surface area contributed by atoms with Crippen LogP contribution in [0, 0.1) is 6.92 Å². The van der Waals surface area contributed by atoms with Crippen molar-refractivity contribution in [3.05, 3.63) is 81.3 Å². The molecule has 0 amide bonds. The number of hydrogen-bond donors (Lipinski definition) is 0. The van der Waals surface area contributed by atoms with Crippen LogP contribution in [0.3, 0.4) is 0 Å². The van der Waals surface area contributed by atoms with E-state index >= 15 is 0 Å². The van der Waals surface area contributed by atoms with Crippen LogP contribution in [-0.4, -0.2) is 28.2 Å². The summed E-state index contributed by atoms with van der Waals surface area (Å²) in [7, 11) is 1.67. The summed E-state index contributed by atoms with van der Waals surface area (Å²) in [6, 6.07) is 16.6. The van der Waals surface area contributed by atoms with E-state index in [1.165, 1.54) is 11.1 Å². The molecule has 6 nitrogen and oxygen atoms in total. The molecule has 0 N–H and O–H groups in total. The lowest BCUT2D eigenvalue weighted by Crippen LogP contribution is -2.47.